The monoisotopic (exact) mass is 415 g/mol. The molecule has 2 aromatic rings. The van der Waals surface area contributed by atoms with Crippen LogP contribution in [0.2, 0.25) is 0 Å². The highest BCUT2D eigenvalue weighted by Gasteiger charge is 2.24. The van der Waals surface area contributed by atoms with Crippen LogP contribution in [0.4, 0.5) is 17.1 Å². The number of amides is 2. The maximum absolute atomic E-state index is 12.8. The lowest BCUT2D eigenvalue weighted by Crippen LogP contribution is -2.35. The molecule has 1 heterocycles. The second kappa shape index (κ2) is 8.95. The largest absolute Gasteiger partial charge is 0.495 e. The van der Waals surface area contributed by atoms with E-state index < -0.39 is 10.8 Å². The number of benzene rings is 2. The number of ether oxygens (including phenoxy) is 1. The Balaban J connectivity index is 1.92. The molecule has 0 aliphatic carbocycles. The fourth-order valence-corrected chi connectivity index (χ4v) is 3.66. The van der Waals surface area contributed by atoms with Crippen LogP contribution in [0.3, 0.4) is 0 Å². The van der Waals surface area contributed by atoms with Crippen molar-refractivity contribution in [1.29, 1.82) is 0 Å². The highest BCUT2D eigenvalue weighted by atomic mass is 32.2. The van der Waals surface area contributed by atoms with Gasteiger partial charge in [-0.1, -0.05) is 0 Å². The fourth-order valence-electron chi connectivity index (χ4n) is 3.22. The first-order chi connectivity index (χ1) is 13.9. The Kier molecular flexibility index (Phi) is 6.38. The summed E-state index contributed by atoms with van der Waals surface area (Å²) in [6, 6.07) is 9.39. The van der Waals surface area contributed by atoms with Crippen LogP contribution in [0.1, 0.15) is 29.6 Å². The normalized spacial score (nSPS) is 13.9. The van der Waals surface area contributed by atoms with Gasteiger partial charge < -0.3 is 15.0 Å². The minimum Gasteiger partial charge on any atom is -0.495 e. The first-order valence-electron chi connectivity index (χ1n) is 9.06. The molecular weight excluding hydrogens is 394 g/mol. The number of thioether (sulfide) groups is 1. The maximum Gasteiger partial charge on any atom is 0.282 e. The van der Waals surface area contributed by atoms with Gasteiger partial charge in [0.15, 0.2) is 0 Å². The molecule has 9 heteroatoms. The van der Waals surface area contributed by atoms with Gasteiger partial charge in [0.25, 0.3) is 11.6 Å². The lowest BCUT2D eigenvalue weighted by Gasteiger charge is -2.28. The molecule has 0 spiro atoms. The second-order valence-corrected chi connectivity index (χ2v) is 7.36. The lowest BCUT2D eigenvalue weighted by molar-refractivity contribution is -0.385. The van der Waals surface area contributed by atoms with Crippen molar-refractivity contribution in [2.45, 2.75) is 24.2 Å². The number of nitrogens with one attached hydrogen (secondary N) is 1. The predicted molar refractivity (Wildman–Crippen MR) is 112 cm³/mol. The topological polar surface area (TPSA) is 102 Å². The molecule has 1 N–H and O–H groups in total. The number of nitro benzene ring substituents is 1. The minimum atomic E-state index is -0.589. The van der Waals surface area contributed by atoms with Crippen molar-refractivity contribution in [3.8, 4) is 5.75 Å². The molecule has 2 aromatic carbocycles. The molecule has 2 amide bonds. The molecule has 152 valence electrons. The van der Waals surface area contributed by atoms with Gasteiger partial charge in [0.2, 0.25) is 5.91 Å². The highest BCUT2D eigenvalue weighted by molar-refractivity contribution is 7.98. The molecular formula is C20H21N3O5S. The Bertz CT molecular complexity index is 963. The minimum absolute atomic E-state index is 0.00124. The molecule has 8 nitrogen and oxygen atoms in total. The van der Waals surface area contributed by atoms with Crippen LogP contribution in [0.15, 0.2) is 41.3 Å². The summed E-state index contributed by atoms with van der Waals surface area (Å²) in [5, 5.41) is 14.0. The first-order valence-corrected chi connectivity index (χ1v) is 10.3. The zero-order valence-corrected chi connectivity index (χ0v) is 17.0. The summed E-state index contributed by atoms with van der Waals surface area (Å²) in [5.74, 6) is -0.0661. The van der Waals surface area contributed by atoms with Gasteiger partial charge in [0.05, 0.1) is 17.7 Å². The molecule has 29 heavy (non-hydrogen) atoms. The molecule has 0 atom stereocenters. The molecule has 0 bridgehead atoms. The van der Waals surface area contributed by atoms with Gasteiger partial charge in [0, 0.05) is 29.6 Å². The van der Waals surface area contributed by atoms with E-state index in [9.17, 15) is 19.7 Å². The SMILES string of the molecule is COc1ccc(NC(=O)c2cc(SC)ccc2[N+](=O)[O-])cc1N1CCCCC1=O. The van der Waals surface area contributed by atoms with Crippen LogP contribution in [-0.4, -0.2) is 36.6 Å². The molecule has 1 aliphatic rings. The van der Waals surface area contributed by atoms with E-state index in [1.54, 1.807) is 29.2 Å². The van der Waals surface area contributed by atoms with Crippen LogP contribution in [0.25, 0.3) is 0 Å². The zero-order valence-electron chi connectivity index (χ0n) is 16.1. The van der Waals surface area contributed by atoms with Crippen molar-refractivity contribution in [3.63, 3.8) is 0 Å². The van der Waals surface area contributed by atoms with Gasteiger partial charge in [-0.2, -0.15) is 0 Å². The summed E-state index contributed by atoms with van der Waals surface area (Å²) in [4.78, 5) is 38.2. The number of anilines is 2. The summed E-state index contributed by atoms with van der Waals surface area (Å²) in [6.45, 7) is 0.577. The summed E-state index contributed by atoms with van der Waals surface area (Å²) >= 11 is 1.39. The smallest absolute Gasteiger partial charge is 0.282 e. The van der Waals surface area contributed by atoms with E-state index in [0.29, 0.717) is 30.1 Å². The van der Waals surface area contributed by atoms with E-state index >= 15 is 0 Å². The van der Waals surface area contributed by atoms with Crippen molar-refractivity contribution in [1.82, 2.24) is 0 Å². The Hall–Kier alpha value is -3.07. The number of methoxy groups -OCH3 is 1. The van der Waals surface area contributed by atoms with Gasteiger partial charge in [-0.15, -0.1) is 11.8 Å². The third-order valence-electron chi connectivity index (χ3n) is 4.70. The van der Waals surface area contributed by atoms with Crippen molar-refractivity contribution in [2.75, 3.05) is 30.1 Å². The first kappa shape index (κ1) is 20.7. The number of nitro groups is 1. The van der Waals surface area contributed by atoms with E-state index in [0.717, 1.165) is 17.7 Å². The number of carbonyl (C=O) groups excluding carboxylic acids is 2. The maximum atomic E-state index is 12.8. The Morgan fingerprint density at radius 2 is 2.03 bits per heavy atom. The van der Waals surface area contributed by atoms with E-state index in [2.05, 4.69) is 5.32 Å². The van der Waals surface area contributed by atoms with E-state index in [4.69, 9.17) is 4.74 Å². The highest BCUT2D eigenvalue weighted by Crippen LogP contribution is 2.34. The molecule has 0 aromatic heterocycles. The number of rotatable bonds is 6. The van der Waals surface area contributed by atoms with Crippen LogP contribution >= 0.6 is 11.8 Å². The summed E-state index contributed by atoms with van der Waals surface area (Å²) < 4.78 is 5.37. The Labute approximate surface area is 172 Å². The quantitative estimate of drug-likeness (QED) is 0.433. The van der Waals surface area contributed by atoms with E-state index in [1.807, 2.05) is 6.26 Å². The Morgan fingerprint density at radius 3 is 2.69 bits per heavy atom. The average molecular weight is 415 g/mol. The summed E-state index contributed by atoms with van der Waals surface area (Å²) in [6.07, 6.45) is 4.03. The van der Waals surface area contributed by atoms with Gasteiger partial charge in [-0.05, 0) is 49.4 Å². The Morgan fingerprint density at radius 1 is 1.24 bits per heavy atom. The van der Waals surface area contributed by atoms with Crippen molar-refractivity contribution < 1.29 is 19.2 Å². The van der Waals surface area contributed by atoms with Crippen LogP contribution in [0, 0.1) is 10.1 Å². The molecule has 1 saturated heterocycles. The average Bonchev–Trinajstić information content (AvgIpc) is 2.73. The summed E-state index contributed by atoms with van der Waals surface area (Å²) in [5.41, 5.74) is 0.712. The van der Waals surface area contributed by atoms with Gasteiger partial charge in [-0.3, -0.25) is 19.7 Å². The van der Waals surface area contributed by atoms with Crippen LogP contribution < -0.4 is 15.0 Å². The van der Waals surface area contributed by atoms with Crippen LogP contribution in [-0.2, 0) is 4.79 Å². The van der Waals surface area contributed by atoms with Gasteiger partial charge in [-0.25, -0.2) is 0 Å². The third kappa shape index (κ3) is 4.51. The lowest BCUT2D eigenvalue weighted by atomic mass is 10.1. The summed E-state index contributed by atoms with van der Waals surface area (Å²) in [7, 11) is 1.52. The molecule has 0 unspecified atom stereocenters. The molecule has 1 aliphatic heterocycles. The number of hydrogen-bond acceptors (Lipinski definition) is 6. The van der Waals surface area contributed by atoms with Gasteiger partial charge in [0.1, 0.15) is 11.3 Å². The second-order valence-electron chi connectivity index (χ2n) is 6.48. The third-order valence-corrected chi connectivity index (χ3v) is 5.42. The van der Waals surface area contributed by atoms with Gasteiger partial charge >= 0.3 is 0 Å². The van der Waals surface area contributed by atoms with Crippen LogP contribution in [0.5, 0.6) is 5.75 Å². The molecule has 1 fully saturated rings. The number of carbonyl (C=O) groups is 2. The number of piperidine rings is 1. The number of nitrogens with zero attached hydrogens (tertiary/aromatic N) is 2. The zero-order chi connectivity index (χ0) is 21.0. The van der Waals surface area contributed by atoms with Crippen molar-refractivity contribution in [3.05, 3.63) is 52.1 Å². The van der Waals surface area contributed by atoms with E-state index in [-0.39, 0.29) is 17.2 Å². The predicted octanol–water partition coefficient (Wildman–Crippen LogP) is 4.09. The molecule has 0 radical (unpaired) electrons. The fraction of sp³-hybridized carbons (Fsp3) is 0.300. The van der Waals surface area contributed by atoms with Crippen molar-refractivity contribution in [2.24, 2.45) is 0 Å². The number of hydrogen-bond donors (Lipinski definition) is 1. The standard InChI is InChI=1S/C20H21N3O5S/c1-28-18-9-6-13(11-17(18)22-10-4-3-5-19(22)24)21-20(25)15-12-14(29-2)7-8-16(15)23(26)27/h6-9,11-12H,3-5,10H2,1-2H3,(H,21,25). The molecule has 0 saturated carbocycles. The van der Waals surface area contributed by atoms with Crippen molar-refractivity contribution >= 4 is 40.6 Å². The van der Waals surface area contributed by atoms with E-state index in [1.165, 1.54) is 31.0 Å². The molecule has 3 rings (SSSR count).